The first kappa shape index (κ1) is 12.7. The minimum Gasteiger partial charge on any atom is -0.377 e. The molecule has 0 radical (unpaired) electrons. The van der Waals surface area contributed by atoms with E-state index in [1.807, 2.05) is 0 Å². The third kappa shape index (κ3) is 2.58. The van der Waals surface area contributed by atoms with Crippen molar-refractivity contribution in [1.29, 1.82) is 0 Å². The number of thiol groups is 1. The molecule has 0 fully saturated rings. The number of rotatable bonds is 6. The third-order valence-electron chi connectivity index (χ3n) is 2.07. The predicted octanol–water partition coefficient (Wildman–Crippen LogP) is 0.616. The van der Waals surface area contributed by atoms with Gasteiger partial charge in [-0.2, -0.15) is 0 Å². The topological polar surface area (TPSA) is 27.7 Å². The second kappa shape index (κ2) is 6.17. The van der Waals surface area contributed by atoms with Crippen LogP contribution in [-0.2, 0) is 13.3 Å². The maximum atomic E-state index is 5.36. The van der Waals surface area contributed by atoms with Gasteiger partial charge < -0.3 is 13.3 Å². The van der Waals surface area contributed by atoms with Crippen LogP contribution in [0.15, 0.2) is 0 Å². The maximum Gasteiger partial charge on any atom is 0.500 e. The van der Waals surface area contributed by atoms with Crippen molar-refractivity contribution in [3.63, 3.8) is 0 Å². The highest BCUT2D eigenvalue weighted by molar-refractivity contribution is 8.07. The molecule has 0 heterocycles. The minimum absolute atomic E-state index is 0.417. The van der Waals surface area contributed by atoms with Gasteiger partial charge >= 0.3 is 8.80 Å². The molecule has 3 nitrogen and oxygen atoms in total. The summed E-state index contributed by atoms with van der Waals surface area (Å²) in [4.78, 5) is 0. The molecule has 6 heteroatoms. The van der Waals surface area contributed by atoms with E-state index >= 15 is 0 Å². The summed E-state index contributed by atoms with van der Waals surface area (Å²) in [5.74, 6) is 0. The zero-order chi connectivity index (χ0) is 9.61. The lowest BCUT2D eigenvalue weighted by Crippen LogP contribution is -2.48. The van der Waals surface area contributed by atoms with E-state index in [1.165, 1.54) is 0 Å². The molecule has 0 spiro atoms. The van der Waals surface area contributed by atoms with Gasteiger partial charge in [-0.25, -0.2) is 12.1 Å². The van der Waals surface area contributed by atoms with Crippen LogP contribution in [0.5, 0.6) is 0 Å². The second-order valence-corrected chi connectivity index (χ2v) is 9.01. The first-order valence-corrected chi connectivity index (χ1v) is 9.11. The van der Waals surface area contributed by atoms with Crippen molar-refractivity contribution in [3.05, 3.63) is 0 Å². The molecule has 0 N–H and O–H groups in total. The SMILES string of the molecule is CCC([SiH2]S)[Si](OC)(OC)OC. The van der Waals surface area contributed by atoms with E-state index in [1.54, 1.807) is 21.3 Å². The lowest BCUT2D eigenvalue weighted by atomic mass is 10.6. The molecule has 0 saturated carbocycles. The average molecular weight is 226 g/mol. The quantitative estimate of drug-likeness (QED) is 0.531. The Bertz CT molecular complexity index is 109. The van der Waals surface area contributed by atoms with Crippen LogP contribution in [0.3, 0.4) is 0 Å². The molecule has 1 unspecified atom stereocenters. The Labute approximate surface area is 83.0 Å². The fourth-order valence-corrected chi connectivity index (χ4v) is 8.68. The van der Waals surface area contributed by atoms with Crippen molar-refractivity contribution < 1.29 is 13.3 Å². The molecule has 0 amide bonds. The zero-order valence-corrected chi connectivity index (χ0v) is 11.5. The molecule has 74 valence electrons. The first-order valence-electron chi connectivity index (χ1n) is 3.97. The Balaban J connectivity index is 4.42. The van der Waals surface area contributed by atoms with Crippen LogP contribution in [0.4, 0.5) is 0 Å². The van der Waals surface area contributed by atoms with Crippen LogP contribution < -0.4 is 0 Å². The lowest BCUT2D eigenvalue weighted by Gasteiger charge is -2.30. The normalized spacial score (nSPS) is 15.8. The summed E-state index contributed by atoms with van der Waals surface area (Å²) < 4.78 is 16.1. The van der Waals surface area contributed by atoms with Crippen molar-refractivity contribution in [2.24, 2.45) is 0 Å². The van der Waals surface area contributed by atoms with E-state index in [9.17, 15) is 0 Å². The Hall–Kier alpha value is 0.664. The molecule has 0 bridgehead atoms. The van der Waals surface area contributed by atoms with Gasteiger partial charge in [-0.1, -0.05) is 13.3 Å². The average Bonchev–Trinajstić information content (AvgIpc) is 2.14. The van der Waals surface area contributed by atoms with E-state index < -0.39 is 17.5 Å². The highest BCUT2D eigenvalue weighted by atomic mass is 32.3. The van der Waals surface area contributed by atoms with Gasteiger partial charge in [-0.15, -0.1) is 0 Å². The minimum atomic E-state index is -2.36. The van der Waals surface area contributed by atoms with Crippen molar-refractivity contribution in [2.45, 2.75) is 18.5 Å². The third-order valence-corrected chi connectivity index (χ3v) is 10.7. The van der Waals surface area contributed by atoms with Crippen LogP contribution >= 0.6 is 12.1 Å². The Morgan fingerprint density at radius 2 is 1.67 bits per heavy atom. The van der Waals surface area contributed by atoms with Crippen molar-refractivity contribution in [1.82, 2.24) is 0 Å². The molecule has 0 aliphatic carbocycles. The van der Waals surface area contributed by atoms with E-state index in [4.69, 9.17) is 13.3 Å². The van der Waals surface area contributed by atoms with E-state index in [2.05, 4.69) is 19.0 Å². The molecular weight excluding hydrogens is 208 g/mol. The standard InChI is InChI=1S/C6H18O3SSi2/c1-5-6(11-10)12(7-2,8-3)9-4/h6,10H,5,11H2,1-4H3. The van der Waals surface area contributed by atoms with Crippen LogP contribution in [-0.4, -0.2) is 38.8 Å². The molecule has 0 aromatic heterocycles. The van der Waals surface area contributed by atoms with Crippen molar-refractivity contribution in [3.8, 4) is 0 Å². The van der Waals surface area contributed by atoms with Crippen LogP contribution in [0.25, 0.3) is 0 Å². The summed E-state index contributed by atoms with van der Waals surface area (Å²) in [7, 11) is 2.17. The fraction of sp³-hybridized carbons (Fsp3) is 1.00. The van der Waals surface area contributed by atoms with Gasteiger partial charge in [0.25, 0.3) is 0 Å². The van der Waals surface area contributed by atoms with Crippen LogP contribution in [0, 0.1) is 0 Å². The van der Waals surface area contributed by atoms with Gasteiger partial charge in [0, 0.05) is 26.5 Å². The van der Waals surface area contributed by atoms with Crippen molar-refractivity contribution >= 4 is 29.6 Å². The van der Waals surface area contributed by atoms with Crippen LogP contribution in [0.1, 0.15) is 13.3 Å². The van der Waals surface area contributed by atoms with E-state index in [-0.39, 0.29) is 0 Å². The summed E-state index contributed by atoms with van der Waals surface area (Å²) >= 11 is 4.38. The number of hydrogen-bond donors (Lipinski definition) is 1. The molecule has 0 aliphatic heterocycles. The monoisotopic (exact) mass is 226 g/mol. The highest BCUT2D eigenvalue weighted by Crippen LogP contribution is 2.26. The van der Waals surface area contributed by atoms with Gasteiger partial charge in [-0.3, -0.25) is 0 Å². The first-order chi connectivity index (χ1) is 5.70. The van der Waals surface area contributed by atoms with Gasteiger partial charge in [0.15, 0.2) is 0 Å². The zero-order valence-electron chi connectivity index (χ0n) is 8.16. The smallest absolute Gasteiger partial charge is 0.377 e. The van der Waals surface area contributed by atoms with Crippen LogP contribution in [0.2, 0.25) is 5.16 Å². The van der Waals surface area contributed by atoms with Gasteiger partial charge in [0.2, 0.25) is 0 Å². The molecule has 0 aromatic rings. The summed E-state index contributed by atoms with van der Waals surface area (Å²) in [6.45, 7) is 2.12. The Kier molecular flexibility index (Phi) is 6.51. The molecule has 1 atom stereocenters. The van der Waals surface area contributed by atoms with E-state index in [0.29, 0.717) is 5.16 Å². The molecule has 0 aliphatic rings. The maximum absolute atomic E-state index is 5.36. The largest absolute Gasteiger partial charge is 0.500 e. The second-order valence-electron chi connectivity index (χ2n) is 2.50. The molecular formula is C6H18O3SSi2. The Morgan fingerprint density at radius 3 is 1.75 bits per heavy atom. The summed E-state index contributed by atoms with van der Waals surface area (Å²) in [6.07, 6.45) is 1.03. The van der Waals surface area contributed by atoms with Gasteiger partial charge in [0.05, 0.1) is 8.67 Å². The lowest BCUT2D eigenvalue weighted by molar-refractivity contribution is 0.119. The fourth-order valence-electron chi connectivity index (χ4n) is 1.24. The molecule has 0 aromatic carbocycles. The summed E-state index contributed by atoms with van der Waals surface area (Å²) in [6, 6.07) is 0. The summed E-state index contributed by atoms with van der Waals surface area (Å²) in [5.41, 5.74) is 0. The Morgan fingerprint density at radius 1 is 1.25 bits per heavy atom. The predicted molar refractivity (Wildman–Crippen MR) is 58.4 cm³/mol. The van der Waals surface area contributed by atoms with E-state index in [0.717, 1.165) is 6.42 Å². The van der Waals surface area contributed by atoms with Crippen molar-refractivity contribution in [2.75, 3.05) is 21.3 Å². The molecule has 0 saturated heterocycles. The molecule has 0 rings (SSSR count). The molecule has 12 heavy (non-hydrogen) atoms. The van der Waals surface area contributed by atoms with Gasteiger partial charge in [0.1, 0.15) is 0 Å². The summed E-state index contributed by atoms with van der Waals surface area (Å²) in [5, 5.41) is 0.417. The highest BCUT2D eigenvalue weighted by Gasteiger charge is 2.45. The van der Waals surface area contributed by atoms with Gasteiger partial charge in [-0.05, 0) is 0 Å². The number of hydrogen-bond acceptors (Lipinski definition) is 4.